The third-order valence-electron chi connectivity index (χ3n) is 5.38. The second kappa shape index (κ2) is 11.7. The van der Waals surface area contributed by atoms with Crippen molar-refractivity contribution in [3.8, 4) is 5.75 Å². The maximum absolute atomic E-state index is 12.6. The molecule has 0 radical (unpaired) electrons. The number of aliphatic carboxylic acids is 1. The van der Waals surface area contributed by atoms with Crippen molar-refractivity contribution in [3.63, 3.8) is 0 Å². The van der Waals surface area contributed by atoms with Crippen molar-refractivity contribution in [2.75, 3.05) is 32.8 Å². The fraction of sp³-hybridized carbons (Fsp3) is 0.333. The van der Waals surface area contributed by atoms with Crippen molar-refractivity contribution < 1.29 is 29.0 Å². The van der Waals surface area contributed by atoms with E-state index in [2.05, 4.69) is 5.32 Å². The molecule has 1 fully saturated rings. The van der Waals surface area contributed by atoms with Gasteiger partial charge in [-0.15, -0.1) is 0 Å². The van der Waals surface area contributed by atoms with Gasteiger partial charge in [0.05, 0.1) is 0 Å². The predicted octanol–water partition coefficient (Wildman–Crippen LogP) is 1.40. The average molecular weight is 453 g/mol. The van der Waals surface area contributed by atoms with Crippen molar-refractivity contribution in [1.82, 2.24) is 15.1 Å². The van der Waals surface area contributed by atoms with Gasteiger partial charge in [-0.3, -0.25) is 14.4 Å². The zero-order valence-corrected chi connectivity index (χ0v) is 18.2. The molecular weight excluding hydrogens is 426 g/mol. The number of rotatable bonds is 9. The summed E-state index contributed by atoms with van der Waals surface area (Å²) in [6.45, 7) is 1.43. The van der Waals surface area contributed by atoms with Crippen molar-refractivity contribution in [2.24, 2.45) is 0 Å². The van der Waals surface area contributed by atoms with E-state index in [1.165, 1.54) is 0 Å². The highest BCUT2D eigenvalue weighted by Gasteiger charge is 2.27. The van der Waals surface area contributed by atoms with Crippen LogP contribution in [0.15, 0.2) is 60.7 Å². The third-order valence-corrected chi connectivity index (χ3v) is 5.38. The summed E-state index contributed by atoms with van der Waals surface area (Å²) in [7, 11) is 0. The number of carboxylic acids is 1. The number of carbonyl (C=O) groups is 4. The van der Waals surface area contributed by atoms with Gasteiger partial charge in [0.1, 0.15) is 11.8 Å². The van der Waals surface area contributed by atoms with Crippen molar-refractivity contribution >= 4 is 23.7 Å². The van der Waals surface area contributed by atoms with Crippen LogP contribution >= 0.6 is 0 Å². The molecule has 0 bridgehead atoms. The predicted molar refractivity (Wildman–Crippen MR) is 120 cm³/mol. The normalized spacial score (nSPS) is 14.3. The van der Waals surface area contributed by atoms with Crippen LogP contribution in [0.4, 0.5) is 0 Å². The fourth-order valence-electron chi connectivity index (χ4n) is 3.47. The molecule has 33 heavy (non-hydrogen) atoms. The lowest BCUT2D eigenvalue weighted by molar-refractivity contribution is -0.142. The quantitative estimate of drug-likeness (QED) is 0.593. The molecule has 9 nitrogen and oxygen atoms in total. The second-order valence-corrected chi connectivity index (χ2v) is 7.63. The molecule has 3 amide bonds. The van der Waals surface area contributed by atoms with Gasteiger partial charge in [-0.2, -0.15) is 0 Å². The lowest BCUT2D eigenvalue weighted by Crippen LogP contribution is -2.52. The van der Waals surface area contributed by atoms with Crippen LogP contribution in [0.1, 0.15) is 23.2 Å². The molecule has 2 aromatic carbocycles. The highest BCUT2D eigenvalue weighted by molar-refractivity contribution is 5.96. The van der Waals surface area contributed by atoms with Gasteiger partial charge in [-0.05, 0) is 30.7 Å². The first kappa shape index (κ1) is 23.8. The molecule has 2 N–H and O–H groups in total. The number of carboxylic acid groups (broad SMARTS) is 1. The lowest BCUT2D eigenvalue weighted by Gasteiger charge is -2.35. The molecule has 1 aliphatic heterocycles. The minimum Gasteiger partial charge on any atom is -0.484 e. The Morgan fingerprint density at radius 3 is 1.97 bits per heavy atom. The van der Waals surface area contributed by atoms with Crippen LogP contribution in [0.25, 0.3) is 0 Å². The summed E-state index contributed by atoms with van der Waals surface area (Å²) in [6, 6.07) is 16.2. The Kier molecular flexibility index (Phi) is 8.40. The molecule has 0 saturated carbocycles. The summed E-state index contributed by atoms with van der Waals surface area (Å²) in [5.41, 5.74) is 0.354. The zero-order valence-electron chi connectivity index (χ0n) is 18.2. The fourth-order valence-corrected chi connectivity index (χ4v) is 3.47. The van der Waals surface area contributed by atoms with Crippen LogP contribution in [-0.4, -0.2) is 77.4 Å². The Labute approximate surface area is 191 Å². The minimum atomic E-state index is -1.19. The van der Waals surface area contributed by atoms with E-state index in [4.69, 9.17) is 4.74 Å². The van der Waals surface area contributed by atoms with Crippen LogP contribution in [0, 0.1) is 0 Å². The number of amides is 3. The number of para-hydroxylation sites is 1. The van der Waals surface area contributed by atoms with Crippen LogP contribution in [-0.2, 0) is 14.4 Å². The van der Waals surface area contributed by atoms with E-state index >= 15 is 0 Å². The summed E-state index contributed by atoms with van der Waals surface area (Å²) in [6.07, 6.45) is -0.0338. The van der Waals surface area contributed by atoms with Gasteiger partial charge in [0.25, 0.3) is 11.8 Å². The zero-order chi connectivity index (χ0) is 23.6. The molecule has 174 valence electrons. The molecule has 1 aliphatic rings. The number of hydrogen-bond donors (Lipinski definition) is 2. The SMILES string of the molecule is O=C(N[C@@H](CCC(=O)N1CCN(C(=O)COc2ccccc2)CC1)C(=O)O)c1ccccc1. The monoisotopic (exact) mass is 453 g/mol. The maximum Gasteiger partial charge on any atom is 0.326 e. The van der Waals surface area contributed by atoms with Crippen molar-refractivity contribution in [2.45, 2.75) is 18.9 Å². The molecule has 9 heteroatoms. The smallest absolute Gasteiger partial charge is 0.326 e. The standard InChI is InChI=1S/C24H27N3O6/c28-21(12-11-20(24(31)32)25-23(30)18-7-3-1-4-8-18)26-13-15-27(16-14-26)22(29)17-33-19-9-5-2-6-10-19/h1-10,20H,11-17H2,(H,25,30)(H,31,32)/t20-/m0/s1. The largest absolute Gasteiger partial charge is 0.484 e. The average Bonchev–Trinajstić information content (AvgIpc) is 2.85. The molecule has 3 rings (SSSR count). The Bertz CT molecular complexity index is 959. The summed E-state index contributed by atoms with van der Waals surface area (Å²) < 4.78 is 5.48. The van der Waals surface area contributed by atoms with E-state index < -0.39 is 17.9 Å². The van der Waals surface area contributed by atoms with Gasteiger partial charge in [-0.1, -0.05) is 36.4 Å². The summed E-state index contributed by atoms with van der Waals surface area (Å²) in [4.78, 5) is 51.9. The highest BCUT2D eigenvalue weighted by Crippen LogP contribution is 2.11. The second-order valence-electron chi connectivity index (χ2n) is 7.63. The lowest BCUT2D eigenvalue weighted by atomic mass is 10.1. The van der Waals surface area contributed by atoms with Gasteiger partial charge in [0, 0.05) is 38.2 Å². The van der Waals surface area contributed by atoms with Gasteiger partial charge >= 0.3 is 5.97 Å². The molecule has 0 aliphatic carbocycles. The molecule has 1 saturated heterocycles. The number of carbonyl (C=O) groups excluding carboxylic acids is 3. The number of nitrogens with one attached hydrogen (secondary N) is 1. The number of benzene rings is 2. The van der Waals surface area contributed by atoms with Gasteiger partial charge in [-0.25, -0.2) is 4.79 Å². The van der Waals surface area contributed by atoms with Gasteiger partial charge in [0.15, 0.2) is 6.61 Å². The topological polar surface area (TPSA) is 116 Å². The Hall–Kier alpha value is -3.88. The van der Waals surface area contributed by atoms with E-state index in [1.54, 1.807) is 52.3 Å². The molecule has 1 atom stereocenters. The van der Waals surface area contributed by atoms with Gasteiger partial charge in [0.2, 0.25) is 5.91 Å². The number of piperazine rings is 1. The van der Waals surface area contributed by atoms with Crippen molar-refractivity contribution in [1.29, 1.82) is 0 Å². The first-order valence-corrected chi connectivity index (χ1v) is 10.8. The Balaban J connectivity index is 1.41. The van der Waals surface area contributed by atoms with E-state index in [0.29, 0.717) is 37.5 Å². The molecule has 0 spiro atoms. The number of ether oxygens (including phenoxy) is 1. The van der Waals surface area contributed by atoms with E-state index in [0.717, 1.165) is 0 Å². The van der Waals surface area contributed by atoms with Crippen LogP contribution < -0.4 is 10.1 Å². The molecular formula is C24H27N3O6. The number of hydrogen-bond acceptors (Lipinski definition) is 5. The summed E-state index contributed by atoms with van der Waals surface area (Å²) in [5, 5.41) is 11.9. The first-order chi connectivity index (χ1) is 15.9. The van der Waals surface area contributed by atoms with Crippen molar-refractivity contribution in [3.05, 3.63) is 66.2 Å². The van der Waals surface area contributed by atoms with E-state index in [9.17, 15) is 24.3 Å². The van der Waals surface area contributed by atoms with Crippen LogP contribution in [0.5, 0.6) is 5.75 Å². The first-order valence-electron chi connectivity index (χ1n) is 10.8. The summed E-state index contributed by atoms with van der Waals surface area (Å²) >= 11 is 0. The minimum absolute atomic E-state index is 0.0168. The van der Waals surface area contributed by atoms with E-state index in [-0.39, 0.29) is 31.3 Å². The van der Waals surface area contributed by atoms with Crippen LogP contribution in [0.3, 0.4) is 0 Å². The Morgan fingerprint density at radius 1 is 0.848 bits per heavy atom. The Morgan fingerprint density at radius 2 is 1.39 bits per heavy atom. The number of nitrogens with zero attached hydrogens (tertiary/aromatic N) is 2. The molecule has 1 heterocycles. The third kappa shape index (κ3) is 7.06. The highest BCUT2D eigenvalue weighted by atomic mass is 16.5. The molecule has 0 unspecified atom stereocenters. The van der Waals surface area contributed by atoms with Gasteiger partial charge < -0.3 is 25.0 Å². The summed E-state index contributed by atoms with van der Waals surface area (Å²) in [5.74, 6) is -1.43. The van der Waals surface area contributed by atoms with Crippen LogP contribution in [0.2, 0.25) is 0 Å². The molecule has 2 aromatic rings. The van der Waals surface area contributed by atoms with E-state index in [1.807, 2.05) is 18.2 Å². The molecule has 0 aromatic heterocycles. The maximum atomic E-state index is 12.6.